The van der Waals surface area contributed by atoms with Crippen molar-refractivity contribution < 1.29 is 4.79 Å². The molecule has 3 heterocycles. The third-order valence-corrected chi connectivity index (χ3v) is 3.65. The van der Waals surface area contributed by atoms with Crippen LogP contribution in [0.5, 0.6) is 0 Å². The first kappa shape index (κ1) is 14.6. The predicted molar refractivity (Wildman–Crippen MR) is 81.3 cm³/mol. The van der Waals surface area contributed by atoms with Gasteiger partial charge < -0.3 is 10.2 Å². The normalized spacial score (nSPS) is 21.8. The molecule has 2 aromatic heterocycles. The molecule has 0 bridgehead atoms. The Balaban J connectivity index is 1.69. The largest absolute Gasteiger partial charge is 0.334 e. The Bertz CT molecular complexity index is 630. The second-order valence-electron chi connectivity index (χ2n) is 5.80. The van der Waals surface area contributed by atoms with Gasteiger partial charge in [0.25, 0.3) is 5.91 Å². The molecule has 2 atom stereocenters. The Morgan fingerprint density at radius 3 is 2.77 bits per heavy atom. The molecule has 0 radical (unpaired) electrons. The van der Waals surface area contributed by atoms with E-state index in [9.17, 15) is 4.79 Å². The van der Waals surface area contributed by atoms with Gasteiger partial charge >= 0.3 is 0 Å². The van der Waals surface area contributed by atoms with Crippen molar-refractivity contribution in [2.24, 2.45) is 0 Å². The van der Waals surface area contributed by atoms with E-state index in [4.69, 9.17) is 0 Å². The highest BCUT2D eigenvalue weighted by Crippen LogP contribution is 2.09. The molecule has 1 fully saturated rings. The monoisotopic (exact) mass is 300 g/mol. The number of nitrogens with one attached hydrogen (secondary N) is 1. The van der Waals surface area contributed by atoms with Crippen molar-refractivity contribution >= 4 is 5.91 Å². The Hall–Kier alpha value is -2.28. The number of hydrogen-bond acceptors (Lipinski definition) is 5. The lowest BCUT2D eigenvalue weighted by atomic mass is 10.1. The maximum Gasteiger partial charge on any atom is 0.276 e. The number of pyridine rings is 1. The van der Waals surface area contributed by atoms with Crippen molar-refractivity contribution in [3.05, 3.63) is 42.0 Å². The number of piperazine rings is 1. The van der Waals surface area contributed by atoms with E-state index >= 15 is 0 Å². The second-order valence-corrected chi connectivity index (χ2v) is 5.80. The summed E-state index contributed by atoms with van der Waals surface area (Å²) in [5.74, 6) is -0.0625. The average molecular weight is 300 g/mol. The fourth-order valence-electron chi connectivity index (χ4n) is 2.79. The first-order chi connectivity index (χ1) is 10.6. The van der Waals surface area contributed by atoms with Gasteiger partial charge in [-0.05, 0) is 26.0 Å². The molecule has 116 valence electrons. The number of rotatable bonds is 3. The molecule has 1 N–H and O–H groups in total. The van der Waals surface area contributed by atoms with Crippen LogP contribution in [-0.4, -0.2) is 56.0 Å². The minimum atomic E-state index is -0.0625. The maximum absolute atomic E-state index is 12.5. The molecule has 2 aromatic rings. The summed E-state index contributed by atoms with van der Waals surface area (Å²) in [6.07, 6.45) is 3.43. The van der Waals surface area contributed by atoms with Crippen LogP contribution in [0.2, 0.25) is 0 Å². The Labute approximate surface area is 129 Å². The van der Waals surface area contributed by atoms with Crippen LogP contribution >= 0.6 is 0 Å². The molecule has 1 amide bonds. The summed E-state index contributed by atoms with van der Waals surface area (Å²) < 4.78 is 1.64. The first-order valence-electron chi connectivity index (χ1n) is 7.47. The van der Waals surface area contributed by atoms with Gasteiger partial charge in [-0.1, -0.05) is 11.3 Å². The molecule has 7 nitrogen and oxygen atoms in total. The van der Waals surface area contributed by atoms with Crippen LogP contribution in [0, 0.1) is 0 Å². The highest BCUT2D eigenvalue weighted by molar-refractivity contribution is 5.92. The van der Waals surface area contributed by atoms with E-state index in [2.05, 4.69) is 34.5 Å². The summed E-state index contributed by atoms with van der Waals surface area (Å²) in [6, 6.07) is 6.29. The van der Waals surface area contributed by atoms with Gasteiger partial charge in [-0.25, -0.2) is 4.68 Å². The van der Waals surface area contributed by atoms with Crippen LogP contribution in [0.1, 0.15) is 30.0 Å². The summed E-state index contributed by atoms with van der Waals surface area (Å²) in [6.45, 7) is 6.05. The van der Waals surface area contributed by atoms with Gasteiger partial charge in [0.05, 0.1) is 18.4 Å². The molecule has 0 saturated carbocycles. The zero-order valence-electron chi connectivity index (χ0n) is 12.8. The van der Waals surface area contributed by atoms with E-state index in [-0.39, 0.29) is 18.0 Å². The molecular formula is C15H20N6O. The highest BCUT2D eigenvalue weighted by Gasteiger charge is 2.27. The summed E-state index contributed by atoms with van der Waals surface area (Å²) in [7, 11) is 0. The molecule has 1 aliphatic heterocycles. The van der Waals surface area contributed by atoms with Crippen molar-refractivity contribution in [3.63, 3.8) is 0 Å². The third-order valence-electron chi connectivity index (χ3n) is 3.65. The molecule has 7 heteroatoms. The van der Waals surface area contributed by atoms with Crippen LogP contribution < -0.4 is 5.32 Å². The van der Waals surface area contributed by atoms with E-state index in [1.54, 1.807) is 17.1 Å². The number of carbonyl (C=O) groups is 1. The smallest absolute Gasteiger partial charge is 0.276 e. The molecule has 22 heavy (non-hydrogen) atoms. The van der Waals surface area contributed by atoms with Crippen molar-refractivity contribution in [2.75, 3.05) is 13.1 Å². The molecule has 1 aliphatic rings. The van der Waals surface area contributed by atoms with Crippen LogP contribution in [0.3, 0.4) is 0 Å². The molecule has 1 saturated heterocycles. The van der Waals surface area contributed by atoms with Crippen LogP contribution in [-0.2, 0) is 6.54 Å². The molecule has 2 unspecified atom stereocenters. The Morgan fingerprint density at radius 2 is 2.09 bits per heavy atom. The first-order valence-corrected chi connectivity index (χ1v) is 7.47. The van der Waals surface area contributed by atoms with E-state index in [1.807, 2.05) is 23.1 Å². The fourth-order valence-corrected chi connectivity index (χ4v) is 2.79. The number of aromatic nitrogens is 4. The third kappa shape index (κ3) is 3.30. The SMILES string of the molecule is CC1CN(C(=O)c2cn(Cc3ccccn3)nn2)CC(C)N1. The fraction of sp³-hybridized carbons (Fsp3) is 0.467. The number of amides is 1. The van der Waals surface area contributed by atoms with Gasteiger partial charge in [0.2, 0.25) is 0 Å². The standard InChI is InChI=1S/C15H20N6O/c1-11-7-20(8-12(2)17-11)15(22)14-10-21(19-18-14)9-13-5-3-4-6-16-13/h3-6,10-12,17H,7-9H2,1-2H3. The zero-order chi connectivity index (χ0) is 15.5. The molecular weight excluding hydrogens is 280 g/mol. The summed E-state index contributed by atoms with van der Waals surface area (Å²) in [5.41, 5.74) is 1.27. The van der Waals surface area contributed by atoms with Gasteiger partial charge in [0.1, 0.15) is 0 Å². The van der Waals surface area contributed by atoms with Gasteiger partial charge in [-0.15, -0.1) is 5.10 Å². The zero-order valence-corrected chi connectivity index (χ0v) is 12.8. The van der Waals surface area contributed by atoms with E-state index in [1.165, 1.54) is 0 Å². The minimum absolute atomic E-state index is 0.0625. The van der Waals surface area contributed by atoms with E-state index in [0.717, 1.165) is 5.69 Å². The van der Waals surface area contributed by atoms with Crippen molar-refractivity contribution in [2.45, 2.75) is 32.5 Å². The highest BCUT2D eigenvalue weighted by atomic mass is 16.2. The lowest BCUT2D eigenvalue weighted by Crippen LogP contribution is -2.55. The number of carbonyl (C=O) groups excluding carboxylic acids is 1. The minimum Gasteiger partial charge on any atom is -0.334 e. The van der Waals surface area contributed by atoms with Gasteiger partial charge in [-0.3, -0.25) is 9.78 Å². The lowest BCUT2D eigenvalue weighted by Gasteiger charge is -2.35. The predicted octanol–water partition coefficient (Wildman–Crippen LogP) is 0.544. The number of nitrogens with zero attached hydrogens (tertiary/aromatic N) is 5. The van der Waals surface area contributed by atoms with Gasteiger partial charge in [0, 0.05) is 31.4 Å². The van der Waals surface area contributed by atoms with Gasteiger partial charge in [0.15, 0.2) is 5.69 Å². The van der Waals surface area contributed by atoms with Crippen LogP contribution in [0.15, 0.2) is 30.6 Å². The van der Waals surface area contributed by atoms with Crippen molar-refractivity contribution in [3.8, 4) is 0 Å². The van der Waals surface area contributed by atoms with Gasteiger partial charge in [-0.2, -0.15) is 0 Å². The summed E-state index contributed by atoms with van der Waals surface area (Å²) in [5, 5.41) is 11.5. The molecule has 3 rings (SSSR count). The van der Waals surface area contributed by atoms with Crippen molar-refractivity contribution in [1.29, 1.82) is 0 Å². The van der Waals surface area contributed by atoms with Crippen LogP contribution in [0.4, 0.5) is 0 Å². The topological polar surface area (TPSA) is 75.9 Å². The molecule has 0 aromatic carbocycles. The molecule has 0 spiro atoms. The second kappa shape index (κ2) is 6.23. The molecule has 0 aliphatic carbocycles. The maximum atomic E-state index is 12.5. The average Bonchev–Trinajstić information content (AvgIpc) is 2.95. The lowest BCUT2D eigenvalue weighted by molar-refractivity contribution is 0.0667. The summed E-state index contributed by atoms with van der Waals surface area (Å²) >= 11 is 0. The Morgan fingerprint density at radius 1 is 1.32 bits per heavy atom. The van der Waals surface area contributed by atoms with E-state index in [0.29, 0.717) is 25.3 Å². The Kier molecular flexibility index (Phi) is 4.15. The number of hydrogen-bond donors (Lipinski definition) is 1. The quantitative estimate of drug-likeness (QED) is 0.895. The summed E-state index contributed by atoms with van der Waals surface area (Å²) in [4.78, 5) is 18.6. The van der Waals surface area contributed by atoms with Crippen LogP contribution in [0.25, 0.3) is 0 Å². The van der Waals surface area contributed by atoms with E-state index < -0.39 is 0 Å². The van der Waals surface area contributed by atoms with Crippen molar-refractivity contribution in [1.82, 2.24) is 30.2 Å².